The molecule has 2 unspecified atom stereocenters. The fraction of sp³-hybridized carbons (Fsp3) is 0.211. The molecule has 1 amide bonds. The lowest BCUT2D eigenvalue weighted by Crippen LogP contribution is -2.36. The second-order valence-electron chi connectivity index (χ2n) is 5.40. The molecule has 2 N–H and O–H groups in total. The number of benzene rings is 2. The Labute approximate surface area is 140 Å². The Morgan fingerprint density at radius 3 is 2.58 bits per heavy atom. The Bertz CT molecular complexity index is 713. The fourth-order valence-electron chi connectivity index (χ4n) is 2.22. The Hall–Kier alpha value is -2.66. The monoisotopic (exact) mass is 329 g/mol. The third-order valence-corrected chi connectivity index (χ3v) is 3.58. The van der Waals surface area contributed by atoms with Crippen LogP contribution in [0, 0.1) is 5.82 Å². The number of hydrogen-bond donors (Lipinski definition) is 2. The predicted octanol–water partition coefficient (Wildman–Crippen LogP) is 3.09. The van der Waals surface area contributed by atoms with Gasteiger partial charge in [0.2, 0.25) is 5.91 Å². The molecule has 0 radical (unpaired) electrons. The fourth-order valence-corrected chi connectivity index (χ4v) is 2.22. The topological polar surface area (TPSA) is 58.6 Å². The highest BCUT2D eigenvalue weighted by Gasteiger charge is 2.17. The molecule has 0 saturated carbocycles. The van der Waals surface area contributed by atoms with Crippen LogP contribution in [0.1, 0.15) is 24.2 Å². The van der Waals surface area contributed by atoms with E-state index in [9.17, 15) is 14.3 Å². The van der Waals surface area contributed by atoms with Crippen molar-refractivity contribution in [3.63, 3.8) is 0 Å². The third-order valence-electron chi connectivity index (χ3n) is 3.58. The zero-order valence-electron chi connectivity index (χ0n) is 13.6. The van der Waals surface area contributed by atoms with Gasteiger partial charge >= 0.3 is 0 Å². The van der Waals surface area contributed by atoms with Crippen LogP contribution < -0.4 is 10.1 Å². The molecule has 126 valence electrons. The van der Waals surface area contributed by atoms with Gasteiger partial charge in [0.25, 0.3) is 0 Å². The minimum atomic E-state index is -0.845. The van der Waals surface area contributed by atoms with Gasteiger partial charge in [-0.1, -0.05) is 24.3 Å². The Morgan fingerprint density at radius 2 is 1.96 bits per heavy atom. The van der Waals surface area contributed by atoms with Crippen LogP contribution in [0.25, 0.3) is 6.08 Å². The lowest BCUT2D eigenvalue weighted by atomic mass is 10.0. The first kappa shape index (κ1) is 17.7. The minimum absolute atomic E-state index is 0.360. The van der Waals surface area contributed by atoms with Crippen molar-refractivity contribution in [2.45, 2.75) is 19.1 Å². The summed E-state index contributed by atoms with van der Waals surface area (Å²) in [4.78, 5) is 11.9. The van der Waals surface area contributed by atoms with Crippen LogP contribution >= 0.6 is 0 Å². The van der Waals surface area contributed by atoms with Gasteiger partial charge < -0.3 is 15.2 Å². The summed E-state index contributed by atoms with van der Waals surface area (Å²) in [7, 11) is 1.57. The molecule has 24 heavy (non-hydrogen) atoms. The van der Waals surface area contributed by atoms with Crippen molar-refractivity contribution in [2.75, 3.05) is 7.11 Å². The second kappa shape index (κ2) is 8.26. The lowest BCUT2D eigenvalue weighted by Gasteiger charge is -2.20. The molecule has 0 bridgehead atoms. The smallest absolute Gasteiger partial charge is 0.244 e. The average molecular weight is 329 g/mol. The highest BCUT2D eigenvalue weighted by molar-refractivity contribution is 5.91. The highest BCUT2D eigenvalue weighted by Crippen LogP contribution is 2.20. The summed E-state index contributed by atoms with van der Waals surface area (Å²) in [5.41, 5.74) is 1.27. The summed E-state index contributed by atoms with van der Waals surface area (Å²) in [6.07, 6.45) is 1.99. The number of rotatable bonds is 6. The number of amides is 1. The molecule has 0 saturated heterocycles. The zero-order chi connectivity index (χ0) is 17.5. The van der Waals surface area contributed by atoms with Crippen molar-refractivity contribution in [3.05, 3.63) is 71.6 Å². The Morgan fingerprint density at radius 1 is 1.25 bits per heavy atom. The second-order valence-corrected chi connectivity index (χ2v) is 5.40. The average Bonchev–Trinajstić information content (AvgIpc) is 2.59. The number of nitrogens with one attached hydrogen (secondary N) is 1. The number of hydrogen-bond acceptors (Lipinski definition) is 3. The van der Waals surface area contributed by atoms with E-state index in [-0.39, 0.29) is 11.7 Å². The van der Waals surface area contributed by atoms with Crippen LogP contribution in [0.15, 0.2) is 54.6 Å². The van der Waals surface area contributed by atoms with Gasteiger partial charge in [-0.25, -0.2) is 4.39 Å². The van der Waals surface area contributed by atoms with E-state index in [1.807, 2.05) is 0 Å². The summed E-state index contributed by atoms with van der Waals surface area (Å²) in [5.74, 6) is -0.0270. The van der Waals surface area contributed by atoms with E-state index in [1.165, 1.54) is 24.3 Å². The largest absolute Gasteiger partial charge is 0.497 e. The van der Waals surface area contributed by atoms with Crippen molar-refractivity contribution in [1.29, 1.82) is 0 Å². The maximum Gasteiger partial charge on any atom is 0.244 e. The molecule has 5 heteroatoms. The van der Waals surface area contributed by atoms with E-state index in [0.717, 1.165) is 0 Å². The molecule has 0 spiro atoms. The van der Waals surface area contributed by atoms with Crippen LogP contribution in [0.2, 0.25) is 0 Å². The maximum absolute atomic E-state index is 13.1. The standard InChI is InChI=1S/C19H20FNO3/c1-13(19(23)15-7-9-17(24-2)10-8-15)21-18(22)11-6-14-4-3-5-16(20)12-14/h3-13,19,23H,1-2H3,(H,21,22)/b11-6+. The van der Waals surface area contributed by atoms with E-state index in [4.69, 9.17) is 4.74 Å². The first-order valence-corrected chi connectivity index (χ1v) is 7.56. The molecule has 0 aliphatic rings. The number of ether oxygens (including phenoxy) is 1. The van der Waals surface area contributed by atoms with Gasteiger partial charge in [-0.3, -0.25) is 4.79 Å². The highest BCUT2D eigenvalue weighted by atomic mass is 19.1. The van der Waals surface area contributed by atoms with Crippen molar-refractivity contribution >= 4 is 12.0 Å². The SMILES string of the molecule is COc1ccc(C(O)C(C)NC(=O)/C=C/c2cccc(F)c2)cc1. The first-order chi connectivity index (χ1) is 11.5. The van der Waals surface area contributed by atoms with Crippen LogP contribution in [0.4, 0.5) is 4.39 Å². The Kier molecular flexibility index (Phi) is 6.09. The van der Waals surface area contributed by atoms with Gasteiger partial charge in [0.05, 0.1) is 19.3 Å². The van der Waals surface area contributed by atoms with Gasteiger partial charge in [0, 0.05) is 6.08 Å². The summed E-state index contributed by atoms with van der Waals surface area (Å²) >= 11 is 0. The van der Waals surface area contributed by atoms with Crippen molar-refractivity contribution < 1.29 is 19.0 Å². The van der Waals surface area contributed by atoms with Crippen molar-refractivity contribution in [1.82, 2.24) is 5.32 Å². The normalized spacial score (nSPS) is 13.5. The number of halogens is 1. The maximum atomic E-state index is 13.1. The third kappa shape index (κ3) is 4.93. The molecule has 2 atom stereocenters. The van der Waals surface area contributed by atoms with Gasteiger partial charge in [0.15, 0.2) is 0 Å². The van der Waals surface area contributed by atoms with E-state index in [0.29, 0.717) is 16.9 Å². The molecular formula is C19H20FNO3. The number of aliphatic hydroxyl groups excluding tert-OH is 1. The summed E-state index contributed by atoms with van der Waals surface area (Å²) in [6, 6.07) is 12.4. The van der Waals surface area contributed by atoms with Crippen LogP contribution in [0.5, 0.6) is 5.75 Å². The molecule has 2 aromatic rings. The summed E-state index contributed by atoms with van der Waals surface area (Å²) in [5, 5.41) is 13.0. The summed E-state index contributed by atoms with van der Waals surface area (Å²) < 4.78 is 18.1. The molecule has 0 aromatic heterocycles. The summed E-state index contributed by atoms with van der Waals surface area (Å²) in [6.45, 7) is 1.71. The number of carbonyl (C=O) groups excluding carboxylic acids is 1. The predicted molar refractivity (Wildman–Crippen MR) is 91.0 cm³/mol. The van der Waals surface area contributed by atoms with E-state index >= 15 is 0 Å². The molecule has 0 aliphatic carbocycles. The van der Waals surface area contributed by atoms with Gasteiger partial charge in [-0.05, 0) is 48.4 Å². The van der Waals surface area contributed by atoms with Crippen LogP contribution in [-0.4, -0.2) is 24.2 Å². The Balaban J connectivity index is 1.94. The lowest BCUT2D eigenvalue weighted by molar-refractivity contribution is -0.117. The van der Waals surface area contributed by atoms with E-state index in [1.54, 1.807) is 50.4 Å². The van der Waals surface area contributed by atoms with Crippen molar-refractivity contribution in [3.8, 4) is 5.75 Å². The molecule has 2 aromatic carbocycles. The van der Waals surface area contributed by atoms with E-state index in [2.05, 4.69) is 5.32 Å². The quantitative estimate of drug-likeness (QED) is 0.801. The number of methoxy groups -OCH3 is 1. The first-order valence-electron chi connectivity index (χ1n) is 7.56. The van der Waals surface area contributed by atoms with Crippen LogP contribution in [-0.2, 0) is 4.79 Å². The van der Waals surface area contributed by atoms with Gasteiger partial charge in [0.1, 0.15) is 11.6 Å². The molecule has 2 rings (SSSR count). The van der Waals surface area contributed by atoms with Gasteiger partial charge in [-0.15, -0.1) is 0 Å². The zero-order valence-corrected chi connectivity index (χ0v) is 13.6. The van der Waals surface area contributed by atoms with Crippen LogP contribution in [0.3, 0.4) is 0 Å². The molecule has 4 nitrogen and oxygen atoms in total. The molecule has 0 heterocycles. The number of aliphatic hydroxyl groups is 1. The molecular weight excluding hydrogens is 309 g/mol. The van der Waals surface area contributed by atoms with Gasteiger partial charge in [-0.2, -0.15) is 0 Å². The minimum Gasteiger partial charge on any atom is -0.497 e. The van der Waals surface area contributed by atoms with E-state index < -0.39 is 12.1 Å². The number of carbonyl (C=O) groups is 1. The molecule has 0 aliphatic heterocycles. The molecule has 0 fully saturated rings. The van der Waals surface area contributed by atoms with Crippen molar-refractivity contribution in [2.24, 2.45) is 0 Å².